The summed E-state index contributed by atoms with van der Waals surface area (Å²) in [4.78, 5) is 0. The standard InChI is InChI=1S/C10H12BrNO.ClH/c11-7-1-3-9(4-2-7)13-10-5-8(12)6-10;/h1-4,8,10H,5-6,12H2;1H/t8-,10+;. The molecular weight excluding hydrogens is 265 g/mol. The van der Waals surface area contributed by atoms with Crippen LogP contribution >= 0.6 is 28.3 Å². The molecule has 0 spiro atoms. The molecule has 2 N–H and O–H groups in total. The Morgan fingerprint density at radius 2 is 1.79 bits per heavy atom. The average molecular weight is 279 g/mol. The third-order valence-corrected chi connectivity index (χ3v) is 2.78. The van der Waals surface area contributed by atoms with Crippen molar-refractivity contribution in [2.24, 2.45) is 5.73 Å². The van der Waals surface area contributed by atoms with Crippen molar-refractivity contribution >= 4 is 28.3 Å². The van der Waals surface area contributed by atoms with Gasteiger partial charge in [0.2, 0.25) is 0 Å². The van der Waals surface area contributed by atoms with Gasteiger partial charge in [0.25, 0.3) is 0 Å². The van der Waals surface area contributed by atoms with E-state index in [1.54, 1.807) is 0 Å². The number of hydrogen-bond acceptors (Lipinski definition) is 2. The first-order chi connectivity index (χ1) is 6.24. The van der Waals surface area contributed by atoms with Gasteiger partial charge in [0.05, 0.1) is 0 Å². The first kappa shape index (κ1) is 11.8. The van der Waals surface area contributed by atoms with Crippen LogP contribution in [0.3, 0.4) is 0 Å². The van der Waals surface area contributed by atoms with Crippen molar-refractivity contribution in [3.05, 3.63) is 28.7 Å². The Hall–Kier alpha value is -0.250. The molecule has 1 aliphatic carbocycles. The van der Waals surface area contributed by atoms with Gasteiger partial charge in [-0.1, -0.05) is 15.9 Å². The lowest BCUT2D eigenvalue weighted by molar-refractivity contribution is 0.101. The molecule has 0 atom stereocenters. The molecule has 4 heteroatoms. The lowest BCUT2D eigenvalue weighted by Gasteiger charge is -2.32. The number of halogens is 2. The fourth-order valence-electron chi connectivity index (χ4n) is 1.41. The monoisotopic (exact) mass is 277 g/mol. The second-order valence-corrected chi connectivity index (χ2v) is 4.34. The molecule has 78 valence electrons. The van der Waals surface area contributed by atoms with E-state index in [4.69, 9.17) is 10.5 Å². The van der Waals surface area contributed by atoms with Crippen LogP contribution < -0.4 is 10.5 Å². The van der Waals surface area contributed by atoms with Crippen LogP contribution in [0.15, 0.2) is 28.7 Å². The molecule has 0 bridgehead atoms. The lowest BCUT2D eigenvalue weighted by Crippen LogP contribution is -2.43. The highest BCUT2D eigenvalue weighted by Gasteiger charge is 2.27. The van der Waals surface area contributed by atoms with Crippen molar-refractivity contribution in [3.8, 4) is 5.75 Å². The summed E-state index contributed by atoms with van der Waals surface area (Å²) in [6, 6.07) is 8.24. The first-order valence-corrected chi connectivity index (χ1v) is 5.21. The molecule has 0 radical (unpaired) electrons. The molecular formula is C10H13BrClNO. The molecule has 0 aromatic heterocycles. The zero-order valence-corrected chi connectivity index (χ0v) is 10.1. The Balaban J connectivity index is 0.000000980. The number of benzene rings is 1. The maximum Gasteiger partial charge on any atom is 0.119 e. The second-order valence-electron chi connectivity index (χ2n) is 3.43. The Labute approximate surface area is 98.4 Å². The number of hydrogen-bond donors (Lipinski definition) is 1. The predicted octanol–water partition coefficient (Wildman–Crippen LogP) is 2.74. The van der Waals surface area contributed by atoms with Crippen molar-refractivity contribution in [1.82, 2.24) is 0 Å². The summed E-state index contributed by atoms with van der Waals surface area (Å²) in [6.45, 7) is 0. The second kappa shape index (κ2) is 5.01. The largest absolute Gasteiger partial charge is 0.490 e. The Morgan fingerprint density at radius 3 is 2.29 bits per heavy atom. The van der Waals surface area contributed by atoms with Crippen LogP contribution in [0, 0.1) is 0 Å². The topological polar surface area (TPSA) is 35.2 Å². The number of nitrogens with two attached hydrogens (primary N) is 1. The van der Waals surface area contributed by atoms with E-state index in [1.165, 1.54) is 0 Å². The molecule has 1 aromatic rings. The van der Waals surface area contributed by atoms with Gasteiger partial charge in [-0.2, -0.15) is 0 Å². The van der Waals surface area contributed by atoms with Crippen LogP contribution in [-0.2, 0) is 0 Å². The molecule has 1 aromatic carbocycles. The normalized spacial score (nSPS) is 24.7. The number of ether oxygens (including phenoxy) is 1. The minimum absolute atomic E-state index is 0. The minimum Gasteiger partial charge on any atom is -0.490 e. The SMILES string of the molecule is Cl.N[C@H]1C[C@@H](Oc2ccc(Br)cc2)C1. The quantitative estimate of drug-likeness (QED) is 0.903. The summed E-state index contributed by atoms with van der Waals surface area (Å²) in [5.41, 5.74) is 5.66. The molecule has 1 fully saturated rings. The van der Waals surface area contributed by atoms with Crippen LogP contribution in [0.5, 0.6) is 5.75 Å². The van der Waals surface area contributed by atoms with E-state index in [-0.39, 0.29) is 12.4 Å². The van der Waals surface area contributed by atoms with Gasteiger partial charge in [-0.25, -0.2) is 0 Å². The van der Waals surface area contributed by atoms with Crippen LogP contribution in [-0.4, -0.2) is 12.1 Å². The van der Waals surface area contributed by atoms with E-state index in [2.05, 4.69) is 15.9 Å². The number of rotatable bonds is 2. The van der Waals surface area contributed by atoms with E-state index in [0.717, 1.165) is 23.1 Å². The smallest absolute Gasteiger partial charge is 0.119 e. The zero-order chi connectivity index (χ0) is 9.26. The van der Waals surface area contributed by atoms with E-state index >= 15 is 0 Å². The molecule has 0 unspecified atom stereocenters. The molecule has 1 aliphatic rings. The van der Waals surface area contributed by atoms with Crippen molar-refractivity contribution in [2.75, 3.05) is 0 Å². The molecule has 1 saturated carbocycles. The Bertz CT molecular complexity index is 285. The highest BCUT2D eigenvalue weighted by atomic mass is 79.9. The summed E-state index contributed by atoms with van der Waals surface area (Å²) in [6.07, 6.45) is 2.29. The van der Waals surface area contributed by atoms with Gasteiger partial charge in [-0.3, -0.25) is 0 Å². The van der Waals surface area contributed by atoms with Crippen LogP contribution in [0.2, 0.25) is 0 Å². The highest BCUT2D eigenvalue weighted by Crippen LogP contribution is 2.25. The van der Waals surface area contributed by atoms with Gasteiger partial charge in [0.15, 0.2) is 0 Å². The van der Waals surface area contributed by atoms with E-state index in [1.807, 2.05) is 24.3 Å². The van der Waals surface area contributed by atoms with Crippen LogP contribution in [0.4, 0.5) is 0 Å². The Morgan fingerprint density at radius 1 is 1.21 bits per heavy atom. The summed E-state index contributed by atoms with van der Waals surface area (Å²) >= 11 is 3.38. The fraction of sp³-hybridized carbons (Fsp3) is 0.400. The third-order valence-electron chi connectivity index (χ3n) is 2.25. The average Bonchev–Trinajstić information content (AvgIpc) is 2.06. The highest BCUT2D eigenvalue weighted by molar-refractivity contribution is 9.10. The van der Waals surface area contributed by atoms with Crippen LogP contribution in [0.1, 0.15) is 12.8 Å². The minimum atomic E-state index is 0. The Kier molecular flexibility index (Phi) is 4.23. The van der Waals surface area contributed by atoms with Gasteiger partial charge in [0.1, 0.15) is 11.9 Å². The van der Waals surface area contributed by atoms with E-state index in [9.17, 15) is 0 Å². The summed E-state index contributed by atoms with van der Waals surface area (Å²) in [5, 5.41) is 0. The summed E-state index contributed by atoms with van der Waals surface area (Å²) in [5.74, 6) is 0.931. The van der Waals surface area contributed by atoms with Crippen molar-refractivity contribution in [1.29, 1.82) is 0 Å². The first-order valence-electron chi connectivity index (χ1n) is 4.42. The van der Waals surface area contributed by atoms with Crippen LogP contribution in [0.25, 0.3) is 0 Å². The van der Waals surface area contributed by atoms with Crippen molar-refractivity contribution in [2.45, 2.75) is 25.0 Å². The predicted molar refractivity (Wildman–Crippen MR) is 63.0 cm³/mol. The van der Waals surface area contributed by atoms with Gasteiger partial charge in [-0.15, -0.1) is 12.4 Å². The molecule has 2 rings (SSSR count). The summed E-state index contributed by atoms with van der Waals surface area (Å²) in [7, 11) is 0. The molecule has 0 heterocycles. The fourth-order valence-corrected chi connectivity index (χ4v) is 1.67. The van der Waals surface area contributed by atoms with Crippen molar-refractivity contribution in [3.63, 3.8) is 0 Å². The van der Waals surface area contributed by atoms with Gasteiger partial charge in [-0.05, 0) is 37.1 Å². The molecule has 0 aliphatic heterocycles. The maximum atomic E-state index is 5.67. The third kappa shape index (κ3) is 2.87. The lowest BCUT2D eigenvalue weighted by atomic mass is 9.90. The van der Waals surface area contributed by atoms with E-state index < -0.39 is 0 Å². The molecule has 0 saturated heterocycles. The van der Waals surface area contributed by atoms with Crippen molar-refractivity contribution < 1.29 is 4.74 Å². The van der Waals surface area contributed by atoms with E-state index in [0.29, 0.717) is 12.1 Å². The van der Waals surface area contributed by atoms with Gasteiger partial charge < -0.3 is 10.5 Å². The van der Waals surface area contributed by atoms with Gasteiger partial charge >= 0.3 is 0 Å². The molecule has 0 amide bonds. The molecule has 2 nitrogen and oxygen atoms in total. The summed E-state index contributed by atoms with van der Waals surface area (Å²) < 4.78 is 6.75. The zero-order valence-electron chi connectivity index (χ0n) is 7.65. The van der Waals surface area contributed by atoms with Gasteiger partial charge in [0, 0.05) is 10.5 Å². The maximum absolute atomic E-state index is 5.67. The molecule has 14 heavy (non-hydrogen) atoms.